The molecule has 3 N–H and O–H groups in total. The van der Waals surface area contributed by atoms with Crippen molar-refractivity contribution >= 4 is 11.8 Å². The molecular weight excluding hydrogens is 264 g/mol. The molecule has 1 unspecified atom stereocenters. The van der Waals surface area contributed by atoms with E-state index in [0.717, 1.165) is 24.1 Å². The molecule has 0 heterocycles. The highest BCUT2D eigenvalue weighted by Crippen LogP contribution is 2.50. The van der Waals surface area contributed by atoms with E-state index in [1.165, 1.54) is 5.56 Å². The van der Waals surface area contributed by atoms with E-state index >= 15 is 0 Å². The summed E-state index contributed by atoms with van der Waals surface area (Å²) in [6, 6.07) is 6.31. The number of hydrogen-bond acceptors (Lipinski definition) is 3. The minimum atomic E-state index is -0.501. The zero-order chi connectivity index (χ0) is 15.8. The Kier molecular flexibility index (Phi) is 4.02. The fourth-order valence-electron chi connectivity index (χ4n) is 2.62. The van der Waals surface area contributed by atoms with Crippen LogP contribution in [0.25, 0.3) is 0 Å². The van der Waals surface area contributed by atoms with Gasteiger partial charge in [-0.15, -0.1) is 0 Å². The molecule has 0 radical (unpaired) electrons. The second kappa shape index (κ2) is 5.34. The number of carbonyl (C=O) groups is 1. The van der Waals surface area contributed by atoms with Crippen LogP contribution < -0.4 is 11.1 Å². The fraction of sp³-hybridized carbons (Fsp3) is 0.588. The van der Waals surface area contributed by atoms with Gasteiger partial charge in [0.2, 0.25) is 0 Å². The lowest BCUT2D eigenvalue weighted by atomic mass is 9.88. The molecule has 0 spiro atoms. The van der Waals surface area contributed by atoms with Crippen molar-refractivity contribution in [2.24, 2.45) is 5.73 Å². The lowest BCUT2D eigenvalue weighted by Gasteiger charge is -2.23. The van der Waals surface area contributed by atoms with Crippen molar-refractivity contribution in [2.75, 3.05) is 5.32 Å². The van der Waals surface area contributed by atoms with E-state index < -0.39 is 11.7 Å². The van der Waals surface area contributed by atoms with E-state index in [0.29, 0.717) is 0 Å². The molecule has 1 atom stereocenters. The Labute approximate surface area is 127 Å². The molecule has 1 aliphatic rings. The van der Waals surface area contributed by atoms with Gasteiger partial charge in [-0.05, 0) is 64.7 Å². The number of nitrogens with one attached hydrogen (secondary N) is 1. The third kappa shape index (κ3) is 3.56. The fourth-order valence-corrected chi connectivity index (χ4v) is 2.62. The molecule has 0 saturated heterocycles. The van der Waals surface area contributed by atoms with E-state index in [-0.39, 0.29) is 11.5 Å². The maximum atomic E-state index is 11.9. The molecule has 2 rings (SSSR count). The van der Waals surface area contributed by atoms with Crippen LogP contribution >= 0.6 is 0 Å². The maximum Gasteiger partial charge on any atom is 0.412 e. The van der Waals surface area contributed by atoms with E-state index in [4.69, 9.17) is 10.5 Å². The largest absolute Gasteiger partial charge is 0.444 e. The molecule has 116 valence electrons. The molecule has 0 aromatic heterocycles. The van der Waals surface area contributed by atoms with Crippen LogP contribution in [0.1, 0.15) is 51.7 Å². The Morgan fingerprint density at radius 3 is 2.48 bits per heavy atom. The molecule has 1 aliphatic carbocycles. The summed E-state index contributed by atoms with van der Waals surface area (Å²) in [4.78, 5) is 11.9. The molecular formula is C17H26N2O2. The number of rotatable bonds is 3. The predicted octanol–water partition coefficient (Wildman–Crippen LogP) is 3.72. The first-order valence-corrected chi connectivity index (χ1v) is 7.51. The van der Waals surface area contributed by atoms with Gasteiger partial charge in [-0.25, -0.2) is 4.79 Å². The predicted molar refractivity (Wildman–Crippen MR) is 85.6 cm³/mol. The molecule has 1 amide bonds. The number of anilines is 1. The van der Waals surface area contributed by atoms with Crippen LogP contribution in [-0.2, 0) is 10.2 Å². The van der Waals surface area contributed by atoms with Crippen molar-refractivity contribution in [3.63, 3.8) is 0 Å². The van der Waals surface area contributed by atoms with E-state index in [1.54, 1.807) is 0 Å². The smallest absolute Gasteiger partial charge is 0.412 e. The monoisotopic (exact) mass is 290 g/mol. The second-order valence-electron chi connectivity index (χ2n) is 7.10. The van der Waals surface area contributed by atoms with Gasteiger partial charge in [0.15, 0.2) is 0 Å². The number of carbonyl (C=O) groups excluding carboxylic acids is 1. The summed E-state index contributed by atoms with van der Waals surface area (Å²) in [5, 5.41) is 2.84. The standard InChI is InChI=1S/C17H26N2O2/c1-11-6-7-13(17(8-9-17)12(2)18)10-14(11)19-15(20)21-16(3,4)5/h6-7,10,12H,8-9,18H2,1-5H3,(H,19,20). The highest BCUT2D eigenvalue weighted by atomic mass is 16.6. The average Bonchev–Trinajstić information content (AvgIpc) is 3.10. The molecule has 21 heavy (non-hydrogen) atoms. The molecule has 1 saturated carbocycles. The first-order valence-electron chi connectivity index (χ1n) is 7.51. The number of hydrogen-bond donors (Lipinski definition) is 2. The Morgan fingerprint density at radius 2 is 2.00 bits per heavy atom. The maximum absolute atomic E-state index is 11.9. The minimum Gasteiger partial charge on any atom is -0.444 e. The Hall–Kier alpha value is -1.55. The van der Waals surface area contributed by atoms with E-state index in [9.17, 15) is 4.79 Å². The molecule has 0 aliphatic heterocycles. The van der Waals surface area contributed by atoms with Gasteiger partial charge in [0.05, 0.1) is 0 Å². The van der Waals surface area contributed by atoms with Crippen molar-refractivity contribution in [2.45, 2.75) is 64.5 Å². The van der Waals surface area contributed by atoms with E-state index in [2.05, 4.69) is 11.4 Å². The molecule has 1 aromatic rings. The summed E-state index contributed by atoms with van der Waals surface area (Å²) in [6.45, 7) is 9.58. The van der Waals surface area contributed by atoms with Crippen LogP contribution in [0, 0.1) is 6.92 Å². The van der Waals surface area contributed by atoms with Gasteiger partial charge in [-0.2, -0.15) is 0 Å². The van der Waals surface area contributed by atoms with Gasteiger partial charge in [0, 0.05) is 17.1 Å². The third-order valence-corrected chi connectivity index (χ3v) is 4.11. The van der Waals surface area contributed by atoms with Crippen LogP contribution in [-0.4, -0.2) is 17.7 Å². The number of ether oxygens (including phenoxy) is 1. The Balaban J connectivity index is 2.19. The zero-order valence-electron chi connectivity index (χ0n) is 13.6. The highest BCUT2D eigenvalue weighted by Gasteiger charge is 2.47. The van der Waals surface area contributed by atoms with Crippen LogP contribution in [0.15, 0.2) is 18.2 Å². The van der Waals surface area contributed by atoms with Crippen molar-refractivity contribution in [3.8, 4) is 0 Å². The summed E-state index contributed by atoms with van der Waals surface area (Å²) in [5.41, 5.74) is 8.73. The van der Waals surface area contributed by atoms with Gasteiger partial charge in [-0.1, -0.05) is 12.1 Å². The molecule has 0 bridgehead atoms. The van der Waals surface area contributed by atoms with E-state index in [1.807, 2.05) is 46.8 Å². The summed E-state index contributed by atoms with van der Waals surface area (Å²) in [7, 11) is 0. The third-order valence-electron chi connectivity index (χ3n) is 4.11. The van der Waals surface area contributed by atoms with Gasteiger partial charge in [0.25, 0.3) is 0 Å². The van der Waals surface area contributed by atoms with Gasteiger partial charge >= 0.3 is 6.09 Å². The van der Waals surface area contributed by atoms with Crippen molar-refractivity contribution < 1.29 is 9.53 Å². The van der Waals surface area contributed by atoms with Gasteiger partial charge < -0.3 is 10.5 Å². The zero-order valence-corrected chi connectivity index (χ0v) is 13.6. The van der Waals surface area contributed by atoms with Crippen molar-refractivity contribution in [3.05, 3.63) is 29.3 Å². The number of aryl methyl sites for hydroxylation is 1. The van der Waals surface area contributed by atoms with Crippen LogP contribution in [0.4, 0.5) is 10.5 Å². The molecule has 4 nitrogen and oxygen atoms in total. The molecule has 4 heteroatoms. The molecule has 1 fully saturated rings. The summed E-state index contributed by atoms with van der Waals surface area (Å²) in [5.74, 6) is 0. The Morgan fingerprint density at radius 1 is 1.38 bits per heavy atom. The highest BCUT2D eigenvalue weighted by molar-refractivity contribution is 5.86. The van der Waals surface area contributed by atoms with Crippen LogP contribution in [0.5, 0.6) is 0 Å². The quantitative estimate of drug-likeness (QED) is 0.891. The Bertz CT molecular complexity index is 540. The summed E-state index contributed by atoms with van der Waals surface area (Å²) in [6.07, 6.45) is 1.80. The number of amides is 1. The summed E-state index contributed by atoms with van der Waals surface area (Å²) >= 11 is 0. The number of nitrogens with two attached hydrogens (primary N) is 1. The SMILES string of the molecule is Cc1ccc(C2(C(C)N)CC2)cc1NC(=O)OC(C)(C)C. The van der Waals surface area contributed by atoms with Crippen LogP contribution in [0.2, 0.25) is 0 Å². The average molecular weight is 290 g/mol. The van der Waals surface area contributed by atoms with Crippen molar-refractivity contribution in [1.29, 1.82) is 0 Å². The normalized spacial score (nSPS) is 18.0. The molecule has 1 aromatic carbocycles. The second-order valence-corrected chi connectivity index (χ2v) is 7.10. The minimum absolute atomic E-state index is 0.0814. The van der Waals surface area contributed by atoms with Gasteiger partial charge in [0.1, 0.15) is 5.60 Å². The lowest BCUT2D eigenvalue weighted by Crippen LogP contribution is -2.31. The first kappa shape index (κ1) is 15.8. The topological polar surface area (TPSA) is 64.3 Å². The lowest BCUT2D eigenvalue weighted by molar-refractivity contribution is 0.0636. The first-order chi connectivity index (χ1) is 9.64. The number of benzene rings is 1. The van der Waals surface area contributed by atoms with Crippen molar-refractivity contribution in [1.82, 2.24) is 0 Å². The van der Waals surface area contributed by atoms with Crippen LogP contribution in [0.3, 0.4) is 0 Å². The van der Waals surface area contributed by atoms with Gasteiger partial charge in [-0.3, -0.25) is 5.32 Å². The summed E-state index contributed by atoms with van der Waals surface area (Å²) < 4.78 is 5.31.